The third-order valence-electron chi connectivity index (χ3n) is 4.76. The molecule has 0 aromatic heterocycles. The fraction of sp³-hybridized carbons (Fsp3) is 0.400. The van der Waals surface area contributed by atoms with Crippen LogP contribution in [0.2, 0.25) is 0 Å². The third-order valence-corrected chi connectivity index (χ3v) is 4.76. The molecule has 0 amide bonds. The number of halogens is 1. The average molecular weight is 421 g/mol. The molecule has 2 aromatic rings. The first-order valence-corrected chi connectivity index (χ1v) is 8.87. The molecule has 26 heavy (non-hydrogen) atoms. The Morgan fingerprint density at radius 2 is 1.81 bits per heavy atom. The zero-order valence-electron chi connectivity index (χ0n) is 14.8. The summed E-state index contributed by atoms with van der Waals surface area (Å²) in [6, 6.07) is 17.5. The Hall–Kier alpha value is -1.92. The van der Waals surface area contributed by atoms with E-state index in [4.69, 9.17) is 4.74 Å². The van der Waals surface area contributed by atoms with Crippen molar-refractivity contribution in [3.8, 4) is 5.75 Å². The number of likely N-dealkylation sites (tertiary alicyclic amines) is 1. The van der Waals surface area contributed by atoms with Gasteiger partial charge in [0.25, 0.3) is 5.69 Å². The monoisotopic (exact) mass is 420 g/mol. The lowest BCUT2D eigenvalue weighted by Crippen LogP contribution is -2.43. The van der Waals surface area contributed by atoms with Crippen molar-refractivity contribution in [2.24, 2.45) is 0 Å². The first-order chi connectivity index (χ1) is 12.2. The molecule has 3 rings (SSSR count). The highest BCUT2D eigenvalue weighted by atomic mass is 79.9. The summed E-state index contributed by atoms with van der Waals surface area (Å²) in [5.74, 6) is 0.683. The van der Waals surface area contributed by atoms with E-state index in [1.54, 1.807) is 12.1 Å². The van der Waals surface area contributed by atoms with Crippen LogP contribution in [0.4, 0.5) is 5.69 Å². The second-order valence-corrected chi connectivity index (χ2v) is 6.47. The van der Waals surface area contributed by atoms with Gasteiger partial charge in [-0.2, -0.15) is 0 Å². The standard InChI is InChI=1S/C20H24N2O3.BrH/c23-22(24)18-9-11-20(12-10-18)25-15-14-21-13-5-4-8-19(21)16-17-6-2-1-3-7-17;/h1-3,6-7,9-12,19H,4-5,8,13-16H2;1H. The predicted molar refractivity (Wildman–Crippen MR) is 108 cm³/mol. The van der Waals surface area contributed by atoms with Crippen LogP contribution in [0, 0.1) is 10.1 Å². The van der Waals surface area contributed by atoms with Crippen LogP contribution in [0.1, 0.15) is 24.8 Å². The summed E-state index contributed by atoms with van der Waals surface area (Å²) in [6.45, 7) is 2.60. The highest BCUT2D eigenvalue weighted by molar-refractivity contribution is 8.93. The van der Waals surface area contributed by atoms with E-state index in [1.807, 2.05) is 0 Å². The molecule has 1 aliphatic heterocycles. The van der Waals surface area contributed by atoms with Crippen molar-refractivity contribution in [2.75, 3.05) is 19.7 Å². The van der Waals surface area contributed by atoms with Crippen LogP contribution in [0.25, 0.3) is 0 Å². The summed E-state index contributed by atoms with van der Waals surface area (Å²) in [7, 11) is 0. The Balaban J connectivity index is 0.00000243. The fourth-order valence-corrected chi connectivity index (χ4v) is 3.42. The van der Waals surface area contributed by atoms with Gasteiger partial charge < -0.3 is 4.74 Å². The lowest BCUT2D eigenvalue weighted by molar-refractivity contribution is -0.384. The summed E-state index contributed by atoms with van der Waals surface area (Å²) in [4.78, 5) is 12.8. The van der Waals surface area contributed by atoms with Gasteiger partial charge in [-0.3, -0.25) is 15.0 Å². The van der Waals surface area contributed by atoms with Crippen molar-refractivity contribution in [3.05, 3.63) is 70.3 Å². The number of piperidine rings is 1. The number of non-ortho nitro benzene ring substituents is 1. The zero-order valence-corrected chi connectivity index (χ0v) is 16.5. The van der Waals surface area contributed by atoms with E-state index >= 15 is 0 Å². The van der Waals surface area contributed by atoms with Crippen LogP contribution >= 0.6 is 17.0 Å². The van der Waals surface area contributed by atoms with E-state index in [0.717, 1.165) is 19.5 Å². The second kappa shape index (κ2) is 10.3. The van der Waals surface area contributed by atoms with Crippen molar-refractivity contribution < 1.29 is 9.66 Å². The normalized spacial score (nSPS) is 17.3. The lowest BCUT2D eigenvalue weighted by atomic mass is 9.96. The van der Waals surface area contributed by atoms with Crippen LogP contribution in [0.5, 0.6) is 5.75 Å². The van der Waals surface area contributed by atoms with Crippen LogP contribution in [-0.2, 0) is 6.42 Å². The number of benzene rings is 2. The number of nitro benzene ring substituents is 1. The number of nitrogens with zero attached hydrogens (tertiary/aromatic N) is 2. The highest BCUT2D eigenvalue weighted by Gasteiger charge is 2.22. The van der Waals surface area contributed by atoms with Gasteiger partial charge in [0.15, 0.2) is 0 Å². The van der Waals surface area contributed by atoms with Crippen molar-refractivity contribution in [3.63, 3.8) is 0 Å². The number of ether oxygens (including phenoxy) is 1. The number of rotatable bonds is 7. The van der Waals surface area contributed by atoms with Gasteiger partial charge in [-0.1, -0.05) is 36.8 Å². The molecule has 1 atom stereocenters. The van der Waals surface area contributed by atoms with Crippen LogP contribution in [0.3, 0.4) is 0 Å². The Bertz CT molecular complexity index is 679. The average Bonchev–Trinajstić information content (AvgIpc) is 2.64. The number of hydrogen-bond donors (Lipinski definition) is 0. The van der Waals surface area contributed by atoms with Gasteiger partial charge in [0.05, 0.1) is 4.92 Å². The minimum absolute atomic E-state index is 0. The minimum atomic E-state index is -0.397. The van der Waals surface area contributed by atoms with E-state index in [1.165, 1.54) is 37.0 Å². The fourth-order valence-electron chi connectivity index (χ4n) is 3.42. The maximum absolute atomic E-state index is 10.7. The Labute approximate surface area is 164 Å². The highest BCUT2D eigenvalue weighted by Crippen LogP contribution is 2.21. The van der Waals surface area contributed by atoms with Gasteiger partial charge in [-0.05, 0) is 43.5 Å². The van der Waals surface area contributed by atoms with Crippen LogP contribution in [-0.4, -0.2) is 35.6 Å². The summed E-state index contributed by atoms with van der Waals surface area (Å²) in [5.41, 5.74) is 1.47. The molecule has 0 aliphatic carbocycles. The quantitative estimate of drug-likeness (QED) is 0.483. The van der Waals surface area contributed by atoms with Gasteiger partial charge in [0.1, 0.15) is 12.4 Å². The summed E-state index contributed by atoms with van der Waals surface area (Å²) in [6.07, 6.45) is 4.84. The maximum atomic E-state index is 10.7. The molecule has 0 saturated carbocycles. The smallest absolute Gasteiger partial charge is 0.269 e. The van der Waals surface area contributed by atoms with Gasteiger partial charge in [0.2, 0.25) is 0 Å². The molecule has 1 heterocycles. The zero-order chi connectivity index (χ0) is 17.5. The SMILES string of the molecule is Br.O=[N+]([O-])c1ccc(OCCN2CCCCC2Cc2ccccc2)cc1. The molecule has 5 nitrogen and oxygen atoms in total. The lowest BCUT2D eigenvalue weighted by Gasteiger charge is -2.35. The van der Waals surface area contributed by atoms with Gasteiger partial charge in [-0.25, -0.2) is 0 Å². The first-order valence-electron chi connectivity index (χ1n) is 8.87. The number of nitro groups is 1. The molecule has 1 aliphatic rings. The van der Waals surface area contributed by atoms with E-state index in [0.29, 0.717) is 18.4 Å². The topological polar surface area (TPSA) is 55.6 Å². The van der Waals surface area contributed by atoms with E-state index in [-0.39, 0.29) is 22.7 Å². The molecule has 0 radical (unpaired) electrons. The van der Waals surface area contributed by atoms with Crippen molar-refractivity contribution in [1.82, 2.24) is 4.90 Å². The molecule has 0 spiro atoms. The molecular formula is C20H25BrN2O3. The van der Waals surface area contributed by atoms with Gasteiger partial charge in [0, 0.05) is 24.7 Å². The predicted octanol–water partition coefficient (Wildman–Crippen LogP) is 4.65. The molecule has 6 heteroatoms. The molecule has 140 valence electrons. The molecule has 0 N–H and O–H groups in total. The minimum Gasteiger partial charge on any atom is -0.492 e. The Morgan fingerprint density at radius 1 is 1.08 bits per heavy atom. The van der Waals surface area contributed by atoms with Crippen molar-refractivity contribution in [1.29, 1.82) is 0 Å². The van der Waals surface area contributed by atoms with E-state index < -0.39 is 4.92 Å². The molecular weight excluding hydrogens is 396 g/mol. The largest absolute Gasteiger partial charge is 0.492 e. The number of hydrogen-bond acceptors (Lipinski definition) is 4. The molecule has 0 bridgehead atoms. The third kappa shape index (κ3) is 5.81. The van der Waals surface area contributed by atoms with E-state index in [9.17, 15) is 10.1 Å². The van der Waals surface area contributed by atoms with Crippen LogP contribution < -0.4 is 4.74 Å². The maximum Gasteiger partial charge on any atom is 0.269 e. The first kappa shape index (κ1) is 20.4. The summed E-state index contributed by atoms with van der Waals surface area (Å²) < 4.78 is 5.78. The second-order valence-electron chi connectivity index (χ2n) is 6.47. The van der Waals surface area contributed by atoms with Crippen molar-refractivity contribution in [2.45, 2.75) is 31.7 Å². The summed E-state index contributed by atoms with van der Waals surface area (Å²) >= 11 is 0. The van der Waals surface area contributed by atoms with Crippen LogP contribution in [0.15, 0.2) is 54.6 Å². The Morgan fingerprint density at radius 3 is 2.50 bits per heavy atom. The molecule has 2 aromatic carbocycles. The summed E-state index contributed by atoms with van der Waals surface area (Å²) in [5, 5.41) is 10.7. The van der Waals surface area contributed by atoms with Gasteiger partial charge in [-0.15, -0.1) is 17.0 Å². The Kier molecular flexibility index (Phi) is 8.06. The molecule has 1 fully saturated rings. The molecule has 1 unspecified atom stereocenters. The molecule has 1 saturated heterocycles. The van der Waals surface area contributed by atoms with Gasteiger partial charge >= 0.3 is 0 Å². The van der Waals surface area contributed by atoms with Crippen molar-refractivity contribution >= 4 is 22.7 Å². The van der Waals surface area contributed by atoms with E-state index in [2.05, 4.69) is 35.2 Å².